The van der Waals surface area contributed by atoms with Crippen molar-refractivity contribution in [1.29, 1.82) is 0 Å². The molecule has 1 N–H and O–H groups in total. The zero-order chi connectivity index (χ0) is 22.1. The van der Waals surface area contributed by atoms with Crippen molar-refractivity contribution >= 4 is 27.8 Å². The highest BCUT2D eigenvalue weighted by Gasteiger charge is 2.38. The summed E-state index contributed by atoms with van der Waals surface area (Å²) < 4.78 is 2.21. The van der Waals surface area contributed by atoms with Gasteiger partial charge in [-0.3, -0.25) is 4.79 Å². The standard InChI is InChI=1S/C28H29NO2/c1-5-8-15-29-17-23(22-16-19(6-2)13-14-24(22)29)26-27(30)25(28(26)31)20(7-3)21-12-10-9-11-18(21)4/h7,9-14,16-17,30H,3,5-6,8,15H2,1-2,4H3/b25-20+. The maximum Gasteiger partial charge on any atom is 0.201 e. The highest BCUT2D eigenvalue weighted by molar-refractivity contribution is 6.42. The van der Waals surface area contributed by atoms with Crippen molar-refractivity contribution in [2.45, 2.75) is 46.6 Å². The van der Waals surface area contributed by atoms with Gasteiger partial charge in [-0.1, -0.05) is 63.3 Å². The molecule has 1 aliphatic rings. The lowest BCUT2D eigenvalue weighted by molar-refractivity contribution is -0.111. The van der Waals surface area contributed by atoms with E-state index in [9.17, 15) is 9.90 Å². The van der Waals surface area contributed by atoms with E-state index < -0.39 is 0 Å². The molecule has 158 valence electrons. The molecular formula is C28H29NO2. The van der Waals surface area contributed by atoms with E-state index in [2.05, 4.69) is 43.2 Å². The van der Waals surface area contributed by atoms with Gasteiger partial charge < -0.3 is 9.67 Å². The average Bonchev–Trinajstić information content (AvgIpc) is 3.13. The second-order valence-corrected chi connectivity index (χ2v) is 8.16. The lowest BCUT2D eigenvalue weighted by Gasteiger charge is -2.24. The van der Waals surface area contributed by atoms with E-state index in [-0.39, 0.29) is 11.5 Å². The van der Waals surface area contributed by atoms with Gasteiger partial charge in [0.15, 0.2) is 0 Å². The minimum Gasteiger partial charge on any atom is -0.506 e. The van der Waals surface area contributed by atoms with Crippen LogP contribution < -0.4 is 0 Å². The van der Waals surface area contributed by atoms with Crippen LogP contribution in [0.5, 0.6) is 0 Å². The molecule has 0 saturated heterocycles. The van der Waals surface area contributed by atoms with Gasteiger partial charge in [-0.05, 0) is 54.2 Å². The molecule has 31 heavy (non-hydrogen) atoms. The Balaban J connectivity index is 1.90. The van der Waals surface area contributed by atoms with Crippen LogP contribution in [0.15, 0.2) is 72.6 Å². The number of benzene rings is 2. The largest absolute Gasteiger partial charge is 0.506 e. The van der Waals surface area contributed by atoms with Crippen molar-refractivity contribution in [3.05, 3.63) is 94.9 Å². The van der Waals surface area contributed by atoms with Gasteiger partial charge in [0.1, 0.15) is 5.76 Å². The number of aromatic nitrogens is 1. The number of aliphatic hydroxyl groups excluding tert-OH is 1. The summed E-state index contributed by atoms with van der Waals surface area (Å²) in [4.78, 5) is 13.3. The minimum atomic E-state index is -0.118. The van der Waals surface area contributed by atoms with Gasteiger partial charge in [0.25, 0.3) is 0 Å². The first-order valence-electron chi connectivity index (χ1n) is 11.0. The van der Waals surface area contributed by atoms with E-state index >= 15 is 0 Å². The van der Waals surface area contributed by atoms with Crippen LogP contribution in [-0.4, -0.2) is 15.5 Å². The monoisotopic (exact) mass is 411 g/mol. The molecule has 2 aromatic carbocycles. The number of carbonyl (C=O) groups excluding carboxylic acids is 1. The lowest BCUT2D eigenvalue weighted by atomic mass is 9.78. The molecule has 0 unspecified atom stereocenters. The molecule has 1 heterocycles. The fourth-order valence-corrected chi connectivity index (χ4v) is 4.40. The highest BCUT2D eigenvalue weighted by atomic mass is 16.3. The van der Waals surface area contributed by atoms with Crippen molar-refractivity contribution in [3.8, 4) is 0 Å². The van der Waals surface area contributed by atoms with Crippen molar-refractivity contribution in [3.63, 3.8) is 0 Å². The van der Waals surface area contributed by atoms with Crippen LogP contribution >= 0.6 is 0 Å². The zero-order valence-electron chi connectivity index (χ0n) is 18.5. The van der Waals surface area contributed by atoms with Crippen LogP contribution in [0.1, 0.15) is 48.9 Å². The van der Waals surface area contributed by atoms with Gasteiger partial charge in [0.2, 0.25) is 5.78 Å². The fraction of sp³-hybridized carbons (Fsp3) is 0.250. The van der Waals surface area contributed by atoms with Crippen molar-refractivity contribution < 1.29 is 9.90 Å². The number of nitrogens with zero attached hydrogens (tertiary/aromatic N) is 1. The number of aryl methyl sites for hydroxylation is 3. The molecule has 0 aliphatic heterocycles. The summed E-state index contributed by atoms with van der Waals surface area (Å²) in [6, 6.07) is 14.3. The topological polar surface area (TPSA) is 42.2 Å². The number of carbonyl (C=O) groups is 1. The van der Waals surface area contributed by atoms with Gasteiger partial charge >= 0.3 is 0 Å². The Labute approximate surface area is 184 Å². The molecule has 0 radical (unpaired) electrons. The predicted molar refractivity (Wildman–Crippen MR) is 129 cm³/mol. The first-order valence-corrected chi connectivity index (χ1v) is 11.0. The number of ketones is 1. The summed E-state index contributed by atoms with van der Waals surface area (Å²) in [5.74, 6) is -0.0494. The molecule has 0 saturated carbocycles. The number of Topliss-reactive ketones (excluding diaryl/α,β-unsaturated/α-hetero) is 1. The molecule has 3 heteroatoms. The zero-order valence-corrected chi connectivity index (χ0v) is 18.5. The third-order valence-electron chi connectivity index (χ3n) is 6.21. The first-order chi connectivity index (χ1) is 15.0. The van der Waals surface area contributed by atoms with Crippen LogP contribution in [0.3, 0.4) is 0 Å². The third-order valence-corrected chi connectivity index (χ3v) is 6.21. The number of hydrogen-bond acceptors (Lipinski definition) is 2. The van der Waals surface area contributed by atoms with E-state index in [0.717, 1.165) is 53.4 Å². The van der Waals surface area contributed by atoms with Gasteiger partial charge in [0.05, 0.1) is 11.1 Å². The molecule has 0 bridgehead atoms. The van der Waals surface area contributed by atoms with E-state index in [1.807, 2.05) is 37.4 Å². The lowest BCUT2D eigenvalue weighted by Crippen LogP contribution is -2.22. The molecule has 0 atom stereocenters. The molecule has 0 amide bonds. The number of unbranched alkanes of at least 4 members (excludes halogenated alkanes) is 1. The van der Waals surface area contributed by atoms with Crippen molar-refractivity contribution in [1.82, 2.24) is 4.57 Å². The Kier molecular flexibility index (Phi) is 5.69. The highest BCUT2D eigenvalue weighted by Crippen LogP contribution is 2.43. The van der Waals surface area contributed by atoms with Crippen LogP contribution in [0.2, 0.25) is 0 Å². The molecule has 1 aliphatic carbocycles. The van der Waals surface area contributed by atoms with Crippen LogP contribution in [-0.2, 0) is 17.8 Å². The van der Waals surface area contributed by atoms with Gasteiger partial charge in [-0.15, -0.1) is 0 Å². The summed E-state index contributed by atoms with van der Waals surface area (Å²) in [5, 5.41) is 12.1. The third kappa shape index (κ3) is 3.44. The van der Waals surface area contributed by atoms with Crippen molar-refractivity contribution in [2.75, 3.05) is 0 Å². The predicted octanol–water partition coefficient (Wildman–Crippen LogP) is 6.80. The van der Waals surface area contributed by atoms with Gasteiger partial charge in [-0.2, -0.15) is 0 Å². The molecule has 3 nitrogen and oxygen atoms in total. The second-order valence-electron chi connectivity index (χ2n) is 8.16. The van der Waals surface area contributed by atoms with Crippen LogP contribution in [0.25, 0.3) is 22.0 Å². The molecule has 4 rings (SSSR count). The first kappa shape index (κ1) is 20.9. The Hall–Kier alpha value is -3.33. The van der Waals surface area contributed by atoms with Gasteiger partial charge in [0, 0.05) is 29.2 Å². The Morgan fingerprint density at radius 3 is 2.58 bits per heavy atom. The summed E-state index contributed by atoms with van der Waals surface area (Å²) in [7, 11) is 0. The van der Waals surface area contributed by atoms with E-state index in [4.69, 9.17) is 0 Å². The Morgan fingerprint density at radius 2 is 1.94 bits per heavy atom. The Morgan fingerprint density at radius 1 is 1.16 bits per heavy atom. The van der Waals surface area contributed by atoms with Crippen LogP contribution in [0, 0.1) is 6.92 Å². The SMILES string of the molecule is C=C/C(=C1\C(=O)C(c2cn(CCCC)c3ccc(CC)cc23)=C1O)c1ccccc1C. The fourth-order valence-electron chi connectivity index (χ4n) is 4.40. The molecule has 3 aromatic rings. The number of fused-ring (bicyclic) bond motifs is 1. The smallest absolute Gasteiger partial charge is 0.201 e. The normalized spacial score (nSPS) is 15.4. The Bertz CT molecular complexity index is 1250. The maximum atomic E-state index is 13.3. The van der Waals surface area contributed by atoms with E-state index in [0.29, 0.717) is 16.7 Å². The molecular weight excluding hydrogens is 382 g/mol. The van der Waals surface area contributed by atoms with E-state index in [1.165, 1.54) is 5.56 Å². The van der Waals surface area contributed by atoms with Crippen LogP contribution in [0.4, 0.5) is 0 Å². The van der Waals surface area contributed by atoms with Gasteiger partial charge in [-0.25, -0.2) is 0 Å². The van der Waals surface area contributed by atoms with Crippen molar-refractivity contribution in [2.24, 2.45) is 0 Å². The molecule has 1 aromatic heterocycles. The number of aliphatic hydroxyl groups is 1. The summed E-state index contributed by atoms with van der Waals surface area (Å²) in [6.45, 7) is 11.1. The summed E-state index contributed by atoms with van der Waals surface area (Å²) in [5.41, 5.74) is 6.57. The summed E-state index contributed by atoms with van der Waals surface area (Å²) in [6.07, 6.45) is 6.79. The van der Waals surface area contributed by atoms with E-state index in [1.54, 1.807) is 6.08 Å². The average molecular weight is 412 g/mol. The maximum absolute atomic E-state index is 13.3. The quantitative estimate of drug-likeness (QED) is 0.434. The molecule has 0 fully saturated rings. The second kappa shape index (κ2) is 8.43. The number of hydrogen-bond donors (Lipinski definition) is 1. The molecule has 0 spiro atoms. The summed E-state index contributed by atoms with van der Waals surface area (Å²) >= 11 is 0. The number of rotatable bonds is 7. The number of allylic oxidation sites excluding steroid dienone is 4. The minimum absolute atomic E-state index is 0.0691.